The highest BCUT2D eigenvalue weighted by molar-refractivity contribution is 6.47. The van der Waals surface area contributed by atoms with Crippen molar-refractivity contribution >= 4 is 23.3 Å². The Morgan fingerprint density at radius 3 is 1.89 bits per heavy atom. The van der Waals surface area contributed by atoms with Crippen molar-refractivity contribution in [1.29, 1.82) is 0 Å². The number of amides is 1. The van der Waals surface area contributed by atoms with E-state index < -0.39 is 11.7 Å². The minimum Gasteiger partial charge on any atom is -0.497 e. The molecule has 184 valence electrons. The second kappa shape index (κ2) is 12.6. The molecule has 1 amide bonds. The summed E-state index contributed by atoms with van der Waals surface area (Å²) in [7, 11) is 3.17. The number of ether oxygens (including phenoxy) is 4. The highest BCUT2D eigenvalue weighted by atomic mass is 35.5. The molecule has 0 fully saturated rings. The lowest BCUT2D eigenvalue weighted by Gasteiger charge is -2.16. The maximum atomic E-state index is 12.6. The molecule has 3 rings (SSSR count). The van der Waals surface area contributed by atoms with Crippen LogP contribution in [0, 0.1) is 0 Å². The maximum absolute atomic E-state index is 12.6. The number of rotatable bonds is 12. The molecule has 8 nitrogen and oxygen atoms in total. The number of nitrogens with one attached hydrogen (secondary N) is 1. The molecule has 3 aromatic rings. The summed E-state index contributed by atoms with van der Waals surface area (Å²) < 4.78 is 22.3. The molecule has 0 unspecified atom stereocenters. The van der Waals surface area contributed by atoms with Gasteiger partial charge >= 0.3 is 0 Å². The third kappa shape index (κ3) is 6.88. The number of Topliss-reactive ketones (excluding diaryl/α,β-unsaturated/α-hetero) is 1. The van der Waals surface area contributed by atoms with E-state index in [-0.39, 0.29) is 42.7 Å². The zero-order chi connectivity index (χ0) is 25.2. The zero-order valence-electron chi connectivity index (χ0n) is 19.4. The minimum atomic E-state index is -0.881. The van der Waals surface area contributed by atoms with Crippen LogP contribution in [0.4, 0.5) is 0 Å². The fourth-order valence-electron chi connectivity index (χ4n) is 3.09. The van der Waals surface area contributed by atoms with Gasteiger partial charge in [-0.25, -0.2) is 0 Å². The first-order valence-corrected chi connectivity index (χ1v) is 11.1. The van der Waals surface area contributed by atoms with Crippen LogP contribution < -0.4 is 24.3 Å². The monoisotopic (exact) mass is 499 g/mol. The molecule has 0 aromatic heterocycles. The van der Waals surface area contributed by atoms with E-state index >= 15 is 0 Å². The normalized spacial score (nSPS) is 10.4. The van der Waals surface area contributed by atoms with Crippen molar-refractivity contribution in [2.75, 3.05) is 27.4 Å². The largest absolute Gasteiger partial charge is 0.497 e. The summed E-state index contributed by atoms with van der Waals surface area (Å²) in [5.41, 5.74) is 1.68. The first kappa shape index (κ1) is 25.9. The summed E-state index contributed by atoms with van der Waals surface area (Å²) in [5.74, 6) is 0.149. The topological polar surface area (TPSA) is 103 Å². The van der Waals surface area contributed by atoms with E-state index in [2.05, 4.69) is 5.32 Å². The predicted molar refractivity (Wildman–Crippen MR) is 131 cm³/mol. The van der Waals surface area contributed by atoms with E-state index in [1.54, 1.807) is 26.4 Å². The zero-order valence-corrected chi connectivity index (χ0v) is 20.1. The molecule has 3 aromatic carbocycles. The van der Waals surface area contributed by atoms with Crippen LogP contribution in [0.15, 0.2) is 60.7 Å². The third-order valence-corrected chi connectivity index (χ3v) is 5.38. The average molecular weight is 500 g/mol. The van der Waals surface area contributed by atoms with Gasteiger partial charge in [-0.1, -0.05) is 35.9 Å². The van der Waals surface area contributed by atoms with Crippen molar-refractivity contribution in [3.8, 4) is 23.0 Å². The molecule has 0 aliphatic heterocycles. The Morgan fingerprint density at radius 2 is 1.37 bits per heavy atom. The van der Waals surface area contributed by atoms with Gasteiger partial charge in [-0.15, -0.1) is 0 Å². The molecule has 35 heavy (non-hydrogen) atoms. The van der Waals surface area contributed by atoms with Gasteiger partial charge in [-0.3, -0.25) is 9.59 Å². The number of hydrogen-bond donors (Lipinski definition) is 2. The second-order valence-corrected chi connectivity index (χ2v) is 7.71. The number of ketones is 1. The van der Waals surface area contributed by atoms with E-state index in [0.29, 0.717) is 11.5 Å². The van der Waals surface area contributed by atoms with Crippen LogP contribution in [0.3, 0.4) is 0 Å². The minimum absolute atomic E-state index is 0.0383. The van der Waals surface area contributed by atoms with Crippen LogP contribution in [-0.4, -0.2) is 44.2 Å². The van der Waals surface area contributed by atoms with Crippen LogP contribution in [0.1, 0.15) is 21.5 Å². The van der Waals surface area contributed by atoms with E-state index in [0.717, 1.165) is 16.9 Å². The number of carbonyl (C=O) groups excluding carboxylic acids is 2. The molecule has 0 saturated heterocycles. The first-order chi connectivity index (χ1) is 17.0. The molecule has 0 bridgehead atoms. The Bertz CT molecular complexity index is 1150. The molecular weight excluding hydrogens is 474 g/mol. The van der Waals surface area contributed by atoms with Crippen LogP contribution >= 0.6 is 11.6 Å². The summed E-state index contributed by atoms with van der Waals surface area (Å²) in [6.07, 6.45) is 0. The number of halogens is 1. The summed E-state index contributed by atoms with van der Waals surface area (Å²) in [4.78, 5) is 24.7. The van der Waals surface area contributed by atoms with Gasteiger partial charge in [0, 0.05) is 6.54 Å². The molecule has 0 aliphatic carbocycles. The van der Waals surface area contributed by atoms with E-state index in [1.165, 1.54) is 12.1 Å². The molecule has 0 spiro atoms. The van der Waals surface area contributed by atoms with Crippen LogP contribution in [0.25, 0.3) is 0 Å². The van der Waals surface area contributed by atoms with Gasteiger partial charge in [0.05, 0.1) is 31.4 Å². The molecule has 0 aliphatic rings. The Labute approximate surface area is 208 Å². The van der Waals surface area contributed by atoms with E-state index in [4.69, 9.17) is 35.7 Å². The summed E-state index contributed by atoms with van der Waals surface area (Å²) in [5, 5.41) is 11.2. The van der Waals surface area contributed by atoms with Crippen molar-refractivity contribution in [2.24, 2.45) is 0 Å². The predicted octanol–water partition coefficient (Wildman–Crippen LogP) is 3.81. The second-order valence-electron chi connectivity index (χ2n) is 7.34. The van der Waals surface area contributed by atoms with Crippen molar-refractivity contribution < 1.29 is 33.6 Å². The van der Waals surface area contributed by atoms with Gasteiger partial charge in [-0.05, 0) is 47.5 Å². The van der Waals surface area contributed by atoms with Gasteiger partial charge in [0.2, 0.25) is 0 Å². The van der Waals surface area contributed by atoms with Crippen LogP contribution in [0.2, 0.25) is 5.02 Å². The summed E-state index contributed by atoms with van der Waals surface area (Å²) in [6.45, 7) is 0.00759. The van der Waals surface area contributed by atoms with Crippen molar-refractivity contribution in [1.82, 2.24) is 5.32 Å². The lowest BCUT2D eigenvalue weighted by Crippen LogP contribution is -2.33. The van der Waals surface area contributed by atoms with Gasteiger partial charge in [0.1, 0.15) is 24.7 Å². The lowest BCUT2D eigenvalue weighted by molar-refractivity contribution is -0.117. The smallest absolute Gasteiger partial charge is 0.292 e. The molecule has 2 N–H and O–H groups in total. The number of methoxy groups -OCH3 is 2. The highest BCUT2D eigenvalue weighted by Gasteiger charge is 2.24. The third-order valence-electron chi connectivity index (χ3n) is 5.00. The summed E-state index contributed by atoms with van der Waals surface area (Å²) in [6, 6.07) is 17.6. The SMILES string of the molecule is COc1ccc(COc2ccc(C(=O)C(=O)NCCO)c(Cl)c2OCc2ccc(OC)cc2)cc1. The lowest BCUT2D eigenvalue weighted by atomic mass is 10.1. The fourth-order valence-corrected chi connectivity index (χ4v) is 3.39. The fraction of sp³-hybridized carbons (Fsp3) is 0.231. The molecule has 0 saturated carbocycles. The molecule has 0 heterocycles. The maximum Gasteiger partial charge on any atom is 0.292 e. The summed E-state index contributed by atoms with van der Waals surface area (Å²) >= 11 is 6.53. The number of hydrogen-bond acceptors (Lipinski definition) is 7. The van der Waals surface area contributed by atoms with Crippen molar-refractivity contribution in [2.45, 2.75) is 13.2 Å². The number of aliphatic hydroxyl groups is 1. The van der Waals surface area contributed by atoms with Gasteiger partial charge in [-0.2, -0.15) is 0 Å². The van der Waals surface area contributed by atoms with Crippen LogP contribution in [-0.2, 0) is 18.0 Å². The molecular formula is C26H26ClNO7. The van der Waals surface area contributed by atoms with E-state index in [1.807, 2.05) is 36.4 Å². The Morgan fingerprint density at radius 1 is 0.829 bits per heavy atom. The Balaban J connectivity index is 1.85. The molecule has 9 heteroatoms. The van der Waals surface area contributed by atoms with E-state index in [9.17, 15) is 9.59 Å². The van der Waals surface area contributed by atoms with Gasteiger partial charge in [0.15, 0.2) is 11.5 Å². The average Bonchev–Trinajstić information content (AvgIpc) is 2.90. The Kier molecular flexibility index (Phi) is 9.34. The van der Waals surface area contributed by atoms with Crippen LogP contribution in [0.5, 0.6) is 23.0 Å². The number of aliphatic hydroxyl groups excluding tert-OH is 1. The van der Waals surface area contributed by atoms with Crippen molar-refractivity contribution in [3.63, 3.8) is 0 Å². The standard InChI is InChI=1S/C26H26ClNO7/c1-32-19-7-3-17(4-8-19)15-34-22-12-11-21(24(30)26(31)28-13-14-29)23(27)25(22)35-16-18-5-9-20(33-2)10-6-18/h3-12,29H,13-16H2,1-2H3,(H,28,31). The first-order valence-electron chi connectivity index (χ1n) is 10.7. The Hall–Kier alpha value is -3.75. The quantitative estimate of drug-likeness (QED) is 0.288. The number of carbonyl (C=O) groups is 2. The molecule has 0 atom stereocenters. The number of benzene rings is 3. The molecule has 0 radical (unpaired) electrons. The van der Waals surface area contributed by atoms with Crippen molar-refractivity contribution in [3.05, 3.63) is 82.4 Å². The highest BCUT2D eigenvalue weighted by Crippen LogP contribution is 2.39. The van der Waals surface area contributed by atoms with Gasteiger partial charge < -0.3 is 29.4 Å². The van der Waals surface area contributed by atoms with Gasteiger partial charge in [0.25, 0.3) is 11.7 Å².